The van der Waals surface area contributed by atoms with E-state index in [4.69, 9.17) is 16.6 Å². The van der Waals surface area contributed by atoms with Gasteiger partial charge in [0.2, 0.25) is 5.91 Å². The molecular formula is C29H32ClN5O2S. The van der Waals surface area contributed by atoms with E-state index in [2.05, 4.69) is 20.8 Å². The third kappa shape index (κ3) is 3.87. The molecule has 3 aromatic rings. The highest BCUT2D eigenvalue weighted by Crippen LogP contribution is 2.54. The van der Waals surface area contributed by atoms with Gasteiger partial charge < -0.3 is 10.0 Å². The first kappa shape index (κ1) is 24.5. The van der Waals surface area contributed by atoms with Crippen LogP contribution in [-0.2, 0) is 23.2 Å². The minimum Gasteiger partial charge on any atom is -0.393 e. The van der Waals surface area contributed by atoms with Gasteiger partial charge in [-0.05, 0) is 75.8 Å². The second-order valence-corrected chi connectivity index (χ2v) is 13.0. The van der Waals surface area contributed by atoms with Gasteiger partial charge in [-0.2, -0.15) is 0 Å². The number of hydrogen-bond donors (Lipinski definition) is 1. The van der Waals surface area contributed by atoms with Crippen LogP contribution in [0, 0.1) is 12.8 Å². The van der Waals surface area contributed by atoms with E-state index in [-0.39, 0.29) is 29.5 Å². The van der Waals surface area contributed by atoms with Gasteiger partial charge in [-0.25, -0.2) is 0 Å². The van der Waals surface area contributed by atoms with Crippen molar-refractivity contribution < 1.29 is 9.90 Å². The molecule has 1 N–H and O–H groups in total. The Bertz CT molecular complexity index is 1460. The van der Waals surface area contributed by atoms with Crippen LogP contribution in [0.4, 0.5) is 0 Å². The predicted molar refractivity (Wildman–Crippen MR) is 149 cm³/mol. The van der Waals surface area contributed by atoms with Crippen molar-refractivity contribution in [3.05, 3.63) is 62.5 Å². The highest BCUT2D eigenvalue weighted by atomic mass is 35.5. The normalized spacial score (nSPS) is 24.8. The molecule has 0 bridgehead atoms. The molecule has 1 aromatic carbocycles. The summed E-state index contributed by atoms with van der Waals surface area (Å²) in [6, 6.07) is 8.22. The number of thiophene rings is 1. The van der Waals surface area contributed by atoms with Crippen LogP contribution in [0.2, 0.25) is 5.02 Å². The van der Waals surface area contributed by atoms with Crippen molar-refractivity contribution in [2.24, 2.45) is 10.9 Å². The lowest BCUT2D eigenvalue weighted by molar-refractivity contribution is -0.134. The largest absolute Gasteiger partial charge is 0.393 e. The Morgan fingerprint density at radius 1 is 1.18 bits per heavy atom. The van der Waals surface area contributed by atoms with Gasteiger partial charge in [0.1, 0.15) is 16.4 Å². The topological polar surface area (TPSA) is 83.6 Å². The maximum absolute atomic E-state index is 13.3. The number of aliphatic hydroxyl groups is 1. The van der Waals surface area contributed by atoms with E-state index in [1.54, 1.807) is 11.3 Å². The van der Waals surface area contributed by atoms with Crippen LogP contribution in [-0.4, -0.2) is 55.6 Å². The van der Waals surface area contributed by atoms with E-state index < -0.39 is 0 Å². The first-order valence-corrected chi connectivity index (χ1v) is 14.9. The number of nitrogens with zero attached hydrogens (tertiary/aromatic N) is 5. The van der Waals surface area contributed by atoms with E-state index in [0.717, 1.165) is 84.9 Å². The van der Waals surface area contributed by atoms with Crippen molar-refractivity contribution in [1.82, 2.24) is 19.7 Å². The third-order valence-corrected chi connectivity index (χ3v) is 10.5. The number of benzene rings is 1. The second kappa shape index (κ2) is 9.00. The number of aliphatic imine (C=N–C) groups is 1. The van der Waals surface area contributed by atoms with E-state index in [0.29, 0.717) is 11.4 Å². The molecule has 1 amide bonds. The molecule has 2 fully saturated rings. The van der Waals surface area contributed by atoms with Crippen molar-refractivity contribution in [1.29, 1.82) is 0 Å². The molecule has 3 heterocycles. The summed E-state index contributed by atoms with van der Waals surface area (Å²) in [4.78, 5) is 22.0. The smallest absolute Gasteiger partial charge is 0.222 e. The molecule has 4 aliphatic rings. The summed E-state index contributed by atoms with van der Waals surface area (Å²) in [6.07, 6.45) is 7.33. The van der Waals surface area contributed by atoms with Gasteiger partial charge in [0.05, 0.1) is 11.8 Å². The van der Waals surface area contributed by atoms with Crippen LogP contribution in [0.25, 0.3) is 5.00 Å². The van der Waals surface area contributed by atoms with Gasteiger partial charge in [-0.3, -0.25) is 14.4 Å². The fourth-order valence-corrected chi connectivity index (χ4v) is 8.33. The number of fused-ring (bicyclic) bond motifs is 6. The minimum absolute atomic E-state index is 0.213. The summed E-state index contributed by atoms with van der Waals surface area (Å²) in [5, 5.41) is 20.8. The summed E-state index contributed by atoms with van der Waals surface area (Å²) >= 11 is 8.57. The van der Waals surface area contributed by atoms with Crippen LogP contribution in [0.3, 0.4) is 0 Å². The highest BCUT2D eigenvalue weighted by molar-refractivity contribution is 7.15. The fraction of sp³-hybridized carbons (Fsp3) is 0.517. The average molecular weight is 550 g/mol. The molecule has 198 valence electrons. The van der Waals surface area contributed by atoms with Crippen molar-refractivity contribution in [2.75, 3.05) is 7.05 Å². The van der Waals surface area contributed by atoms with Crippen LogP contribution in [0.5, 0.6) is 0 Å². The van der Waals surface area contributed by atoms with Crippen LogP contribution >= 0.6 is 22.9 Å². The third-order valence-electron chi connectivity index (χ3n) is 8.97. The Morgan fingerprint density at radius 3 is 2.68 bits per heavy atom. The summed E-state index contributed by atoms with van der Waals surface area (Å²) in [5.74, 6) is 2.31. The molecule has 1 spiro atoms. The fourth-order valence-electron chi connectivity index (χ4n) is 6.62. The maximum Gasteiger partial charge on any atom is 0.222 e. The van der Waals surface area contributed by atoms with E-state index >= 15 is 0 Å². The Morgan fingerprint density at radius 2 is 1.95 bits per heavy atom. The van der Waals surface area contributed by atoms with E-state index in [1.807, 2.05) is 37.1 Å². The molecule has 0 unspecified atom stereocenters. The summed E-state index contributed by atoms with van der Waals surface area (Å²) < 4.78 is 2.23. The standard InChI is InChI=1S/C29H32ClN5O2S/c1-16-32-33-28-29(11-12-29)31-26(20-5-3-4-6-22(20)30)25-21-13-17(14-23(21)38-27(25)35(16)28)15-24(37)34(2)18-7-9-19(36)10-8-18/h3-6,17-19,36H,7-15H2,1-2H3/t17-,18?,19?/m0/s1. The number of aliphatic hydroxyl groups excluding tert-OH is 1. The van der Waals surface area contributed by atoms with Crippen molar-refractivity contribution in [3.63, 3.8) is 0 Å². The predicted octanol–water partition coefficient (Wildman–Crippen LogP) is 5.00. The average Bonchev–Trinajstić information content (AvgIpc) is 3.27. The Labute approximate surface area is 231 Å². The number of hydrogen-bond acceptors (Lipinski definition) is 6. The molecule has 2 aromatic heterocycles. The van der Waals surface area contributed by atoms with Gasteiger partial charge in [-0.15, -0.1) is 21.5 Å². The summed E-state index contributed by atoms with van der Waals surface area (Å²) in [5.41, 5.74) is 4.02. The van der Waals surface area contributed by atoms with E-state index in [1.165, 1.54) is 10.4 Å². The summed E-state index contributed by atoms with van der Waals surface area (Å²) in [7, 11) is 1.94. The zero-order chi connectivity index (χ0) is 26.2. The quantitative estimate of drug-likeness (QED) is 0.496. The number of carbonyl (C=O) groups excluding carboxylic acids is 1. The molecule has 9 heteroatoms. The van der Waals surface area contributed by atoms with Crippen molar-refractivity contribution in [2.45, 2.75) is 82.4 Å². The highest BCUT2D eigenvalue weighted by Gasteiger charge is 2.52. The van der Waals surface area contributed by atoms with E-state index in [9.17, 15) is 9.90 Å². The molecule has 7 nitrogen and oxygen atoms in total. The lowest BCUT2D eigenvalue weighted by Crippen LogP contribution is -2.41. The number of rotatable bonds is 4. The van der Waals surface area contributed by atoms with Crippen molar-refractivity contribution >= 4 is 34.6 Å². The zero-order valence-corrected chi connectivity index (χ0v) is 23.4. The first-order chi connectivity index (χ1) is 18.3. The van der Waals surface area contributed by atoms with Crippen LogP contribution in [0.1, 0.15) is 78.2 Å². The molecule has 0 saturated heterocycles. The molecule has 2 saturated carbocycles. The number of carbonyl (C=O) groups is 1. The molecule has 38 heavy (non-hydrogen) atoms. The number of halogens is 1. The minimum atomic E-state index is -0.342. The zero-order valence-electron chi connectivity index (χ0n) is 21.8. The monoisotopic (exact) mass is 549 g/mol. The number of aryl methyl sites for hydroxylation is 1. The lowest BCUT2D eigenvalue weighted by Gasteiger charge is -2.33. The van der Waals surface area contributed by atoms with Gasteiger partial charge in [0, 0.05) is 40.5 Å². The molecule has 3 aliphatic carbocycles. The maximum atomic E-state index is 13.3. The van der Waals surface area contributed by atoms with Gasteiger partial charge >= 0.3 is 0 Å². The molecular weight excluding hydrogens is 518 g/mol. The molecule has 0 radical (unpaired) electrons. The molecule has 1 aliphatic heterocycles. The molecule has 1 atom stereocenters. The lowest BCUT2D eigenvalue weighted by atomic mass is 9.91. The summed E-state index contributed by atoms with van der Waals surface area (Å²) in [6.45, 7) is 2.02. The van der Waals surface area contributed by atoms with Crippen LogP contribution < -0.4 is 0 Å². The number of aromatic nitrogens is 3. The van der Waals surface area contributed by atoms with Crippen LogP contribution in [0.15, 0.2) is 29.3 Å². The number of amides is 1. The Balaban J connectivity index is 1.24. The van der Waals surface area contributed by atoms with Gasteiger partial charge in [0.25, 0.3) is 0 Å². The van der Waals surface area contributed by atoms with Gasteiger partial charge in [-0.1, -0.05) is 29.8 Å². The SMILES string of the molecule is Cc1nnc2n1-c1sc3c(c1C(c1ccccc1Cl)=NC21CC1)C[C@H](CC(=O)N(C)C1CCC(O)CC1)C3. The van der Waals surface area contributed by atoms with Gasteiger partial charge in [0.15, 0.2) is 5.82 Å². The second-order valence-electron chi connectivity index (χ2n) is 11.5. The Hall–Kier alpha value is -2.55. The van der Waals surface area contributed by atoms with Crippen molar-refractivity contribution in [3.8, 4) is 5.00 Å². The first-order valence-electron chi connectivity index (χ1n) is 13.7. The Kier molecular flexibility index (Phi) is 5.80. The molecule has 7 rings (SSSR count).